The Morgan fingerprint density at radius 2 is 2.20 bits per heavy atom. The molecule has 0 radical (unpaired) electrons. The predicted octanol–water partition coefficient (Wildman–Crippen LogP) is 2.60. The van der Waals surface area contributed by atoms with Crippen molar-refractivity contribution >= 4 is 46.5 Å². The minimum atomic E-state index is -0.323. The van der Waals surface area contributed by atoms with Crippen LogP contribution in [-0.2, 0) is 4.79 Å². The van der Waals surface area contributed by atoms with Gasteiger partial charge in [-0.05, 0) is 0 Å². The molecule has 1 rings (SSSR count). The van der Waals surface area contributed by atoms with Crippen molar-refractivity contribution in [2.75, 3.05) is 11.2 Å². The number of anilines is 1. The molecular formula is C8H8Cl3N3O. The van der Waals surface area contributed by atoms with E-state index in [0.29, 0.717) is 0 Å². The van der Waals surface area contributed by atoms with Gasteiger partial charge in [0.15, 0.2) is 11.0 Å². The molecule has 0 aliphatic heterocycles. The summed E-state index contributed by atoms with van der Waals surface area (Å²) in [4.78, 5) is 18.9. The van der Waals surface area contributed by atoms with E-state index in [9.17, 15) is 4.79 Å². The van der Waals surface area contributed by atoms with Crippen LogP contribution in [-0.4, -0.2) is 21.8 Å². The lowest BCUT2D eigenvalue weighted by Gasteiger charge is -2.09. The van der Waals surface area contributed by atoms with Crippen LogP contribution in [0.2, 0.25) is 10.2 Å². The summed E-state index contributed by atoms with van der Waals surface area (Å²) in [6, 6.07) is 0. The van der Waals surface area contributed by atoms with Gasteiger partial charge in [-0.3, -0.25) is 4.79 Å². The van der Waals surface area contributed by atoms with E-state index in [1.54, 1.807) is 6.92 Å². The number of nitrogens with one attached hydrogen (secondary N) is 1. The van der Waals surface area contributed by atoms with Crippen molar-refractivity contribution in [3.8, 4) is 0 Å². The molecule has 1 aromatic rings. The lowest BCUT2D eigenvalue weighted by Crippen LogP contribution is -2.22. The smallest absolute Gasteiger partial charge is 0.229 e. The maximum absolute atomic E-state index is 11.4. The van der Waals surface area contributed by atoms with E-state index in [4.69, 9.17) is 34.8 Å². The summed E-state index contributed by atoms with van der Waals surface area (Å²) < 4.78 is 0. The van der Waals surface area contributed by atoms with Crippen molar-refractivity contribution in [1.82, 2.24) is 9.97 Å². The molecule has 1 aromatic heterocycles. The van der Waals surface area contributed by atoms with Gasteiger partial charge < -0.3 is 5.32 Å². The molecule has 0 aliphatic carbocycles. The molecule has 15 heavy (non-hydrogen) atoms. The van der Waals surface area contributed by atoms with Gasteiger partial charge in [0.05, 0.1) is 0 Å². The van der Waals surface area contributed by atoms with Crippen LogP contribution in [0, 0.1) is 5.92 Å². The fourth-order valence-electron chi connectivity index (χ4n) is 0.745. The Morgan fingerprint density at radius 3 is 2.80 bits per heavy atom. The Labute approximate surface area is 102 Å². The average molecular weight is 269 g/mol. The maximum atomic E-state index is 11.4. The number of amides is 1. The number of alkyl halides is 1. The Hall–Kier alpha value is -0.580. The maximum Gasteiger partial charge on any atom is 0.229 e. The summed E-state index contributed by atoms with van der Waals surface area (Å²) in [7, 11) is 0. The Kier molecular flexibility index (Phi) is 4.57. The third-order valence-electron chi connectivity index (χ3n) is 1.67. The molecule has 0 aliphatic rings. The Balaban J connectivity index is 2.81. The molecule has 0 fully saturated rings. The van der Waals surface area contributed by atoms with Crippen LogP contribution in [0.4, 0.5) is 5.82 Å². The highest BCUT2D eigenvalue weighted by Gasteiger charge is 2.15. The first kappa shape index (κ1) is 12.5. The van der Waals surface area contributed by atoms with Gasteiger partial charge in [0.25, 0.3) is 0 Å². The number of carbonyl (C=O) groups is 1. The van der Waals surface area contributed by atoms with E-state index in [1.165, 1.54) is 6.33 Å². The lowest BCUT2D eigenvalue weighted by molar-refractivity contribution is -0.118. The lowest BCUT2D eigenvalue weighted by atomic mass is 10.2. The van der Waals surface area contributed by atoms with Crippen molar-refractivity contribution in [2.24, 2.45) is 5.92 Å². The van der Waals surface area contributed by atoms with Crippen molar-refractivity contribution in [3.63, 3.8) is 0 Å². The molecule has 4 nitrogen and oxygen atoms in total. The molecule has 82 valence electrons. The van der Waals surface area contributed by atoms with Gasteiger partial charge in [0.1, 0.15) is 11.3 Å². The molecule has 1 heterocycles. The molecule has 0 spiro atoms. The van der Waals surface area contributed by atoms with E-state index in [-0.39, 0.29) is 33.7 Å². The molecule has 0 bridgehead atoms. The number of carbonyl (C=O) groups excluding carboxylic acids is 1. The molecular weight excluding hydrogens is 260 g/mol. The number of halogens is 3. The second-order valence-electron chi connectivity index (χ2n) is 2.87. The highest BCUT2D eigenvalue weighted by molar-refractivity contribution is 6.42. The largest absolute Gasteiger partial charge is 0.309 e. The monoisotopic (exact) mass is 267 g/mol. The predicted molar refractivity (Wildman–Crippen MR) is 60.6 cm³/mol. The van der Waals surface area contributed by atoms with Gasteiger partial charge in [0, 0.05) is 11.8 Å². The van der Waals surface area contributed by atoms with Crippen LogP contribution >= 0.6 is 34.8 Å². The number of hydrogen-bond donors (Lipinski definition) is 1. The van der Waals surface area contributed by atoms with Crippen LogP contribution in [0.3, 0.4) is 0 Å². The second kappa shape index (κ2) is 5.49. The van der Waals surface area contributed by atoms with E-state index < -0.39 is 0 Å². The normalized spacial score (nSPS) is 12.3. The molecule has 1 N–H and O–H groups in total. The molecule has 0 aromatic carbocycles. The van der Waals surface area contributed by atoms with Gasteiger partial charge in [-0.1, -0.05) is 30.1 Å². The van der Waals surface area contributed by atoms with Crippen LogP contribution in [0.15, 0.2) is 6.33 Å². The third-order valence-corrected chi connectivity index (χ3v) is 2.87. The SMILES string of the molecule is CC(CCl)C(=O)Nc1ncnc(Cl)c1Cl. The Morgan fingerprint density at radius 1 is 1.53 bits per heavy atom. The summed E-state index contributed by atoms with van der Waals surface area (Å²) in [6.45, 7) is 1.69. The third kappa shape index (κ3) is 3.19. The zero-order chi connectivity index (χ0) is 11.4. The van der Waals surface area contributed by atoms with E-state index in [2.05, 4.69) is 15.3 Å². The van der Waals surface area contributed by atoms with Gasteiger partial charge in [-0.15, -0.1) is 11.6 Å². The number of aromatic nitrogens is 2. The minimum absolute atomic E-state index is 0.0977. The van der Waals surface area contributed by atoms with E-state index in [1.807, 2.05) is 0 Å². The highest BCUT2D eigenvalue weighted by atomic mass is 35.5. The van der Waals surface area contributed by atoms with Crippen LogP contribution in [0.1, 0.15) is 6.92 Å². The van der Waals surface area contributed by atoms with Crippen LogP contribution < -0.4 is 5.32 Å². The summed E-state index contributed by atoms with van der Waals surface area (Å²) >= 11 is 17.0. The zero-order valence-corrected chi connectivity index (χ0v) is 10.1. The summed E-state index contributed by atoms with van der Waals surface area (Å²) in [6.07, 6.45) is 1.22. The zero-order valence-electron chi connectivity index (χ0n) is 7.80. The fraction of sp³-hybridized carbons (Fsp3) is 0.375. The number of nitrogens with zero attached hydrogens (tertiary/aromatic N) is 2. The van der Waals surface area contributed by atoms with Gasteiger partial charge in [-0.25, -0.2) is 9.97 Å². The topological polar surface area (TPSA) is 54.9 Å². The summed E-state index contributed by atoms with van der Waals surface area (Å²) in [5.74, 6) is -0.167. The average Bonchev–Trinajstić information content (AvgIpc) is 2.23. The van der Waals surface area contributed by atoms with Crippen molar-refractivity contribution < 1.29 is 4.79 Å². The fourth-order valence-corrected chi connectivity index (χ4v) is 1.16. The second-order valence-corrected chi connectivity index (χ2v) is 3.92. The van der Waals surface area contributed by atoms with Crippen LogP contribution in [0.5, 0.6) is 0 Å². The van der Waals surface area contributed by atoms with Gasteiger partial charge >= 0.3 is 0 Å². The quantitative estimate of drug-likeness (QED) is 0.677. The van der Waals surface area contributed by atoms with Gasteiger partial charge in [0.2, 0.25) is 5.91 Å². The van der Waals surface area contributed by atoms with E-state index >= 15 is 0 Å². The first-order valence-electron chi connectivity index (χ1n) is 4.09. The summed E-state index contributed by atoms with van der Waals surface area (Å²) in [5.41, 5.74) is 0. The number of rotatable bonds is 3. The number of hydrogen-bond acceptors (Lipinski definition) is 3. The first-order valence-corrected chi connectivity index (χ1v) is 5.38. The molecule has 1 unspecified atom stereocenters. The first-order chi connectivity index (χ1) is 7.06. The standard InChI is InChI=1S/C8H8Cl3N3O/c1-4(2-9)8(15)14-7-5(10)6(11)12-3-13-7/h3-4H,2H2,1H3,(H,12,13,14,15). The Bertz CT molecular complexity index is 372. The molecule has 1 amide bonds. The molecule has 0 saturated carbocycles. The molecule has 1 atom stereocenters. The molecule has 7 heteroatoms. The van der Waals surface area contributed by atoms with Gasteiger partial charge in [-0.2, -0.15) is 0 Å². The van der Waals surface area contributed by atoms with E-state index in [0.717, 1.165) is 0 Å². The van der Waals surface area contributed by atoms with Crippen molar-refractivity contribution in [3.05, 3.63) is 16.5 Å². The van der Waals surface area contributed by atoms with Crippen molar-refractivity contribution in [2.45, 2.75) is 6.92 Å². The molecule has 0 saturated heterocycles. The van der Waals surface area contributed by atoms with Crippen LogP contribution in [0.25, 0.3) is 0 Å². The van der Waals surface area contributed by atoms with Crippen molar-refractivity contribution in [1.29, 1.82) is 0 Å². The minimum Gasteiger partial charge on any atom is -0.309 e. The summed E-state index contributed by atoms with van der Waals surface area (Å²) in [5, 5.41) is 2.73. The highest BCUT2D eigenvalue weighted by Crippen LogP contribution is 2.25.